The monoisotopic (exact) mass is 172 g/mol. The molecule has 0 atom stereocenters. The lowest BCUT2D eigenvalue weighted by molar-refractivity contribution is 0.177. The predicted molar refractivity (Wildman–Crippen MR) is 50.9 cm³/mol. The van der Waals surface area contributed by atoms with Crippen LogP contribution < -0.4 is 0 Å². The zero-order valence-electron chi connectivity index (χ0n) is 7.87. The molecule has 2 N–H and O–H groups in total. The molecular weight excluding hydrogens is 152 g/mol. The number of hydrogen-bond donors (Lipinski definition) is 2. The highest BCUT2D eigenvalue weighted by molar-refractivity contribution is 4.87. The fourth-order valence-electron chi connectivity index (χ4n) is 0.980. The van der Waals surface area contributed by atoms with Gasteiger partial charge in [0.15, 0.2) is 0 Å². The molecule has 0 aliphatic carbocycles. The van der Waals surface area contributed by atoms with Crippen LogP contribution >= 0.6 is 0 Å². The molecule has 0 aromatic heterocycles. The summed E-state index contributed by atoms with van der Waals surface area (Å²) in [6.45, 7) is 2.26. The van der Waals surface area contributed by atoms with Crippen molar-refractivity contribution in [1.82, 2.24) is 0 Å². The first kappa shape index (κ1) is 11.7. The van der Waals surface area contributed by atoms with Crippen LogP contribution in [0.25, 0.3) is 0 Å². The van der Waals surface area contributed by atoms with Crippen molar-refractivity contribution in [1.29, 1.82) is 0 Å². The van der Waals surface area contributed by atoms with Gasteiger partial charge in [-0.05, 0) is 12.8 Å². The SMILES string of the molecule is CCCCC/C=C/C(CO)CO. The first-order chi connectivity index (χ1) is 5.85. The number of unbranched alkanes of at least 4 members (excludes halogenated alkanes) is 3. The molecule has 0 saturated heterocycles. The molecule has 0 spiro atoms. The van der Waals surface area contributed by atoms with E-state index in [4.69, 9.17) is 10.2 Å². The van der Waals surface area contributed by atoms with Crippen molar-refractivity contribution in [2.24, 2.45) is 5.92 Å². The summed E-state index contributed by atoms with van der Waals surface area (Å²) in [6, 6.07) is 0. The van der Waals surface area contributed by atoms with Crippen LogP contribution in [0.2, 0.25) is 0 Å². The first-order valence-electron chi connectivity index (χ1n) is 4.73. The molecule has 0 aliphatic heterocycles. The summed E-state index contributed by atoms with van der Waals surface area (Å²) >= 11 is 0. The molecule has 72 valence electrons. The van der Waals surface area contributed by atoms with Gasteiger partial charge in [-0.25, -0.2) is 0 Å². The highest BCUT2D eigenvalue weighted by Gasteiger charge is 1.97. The van der Waals surface area contributed by atoms with Crippen LogP contribution in [0.3, 0.4) is 0 Å². The van der Waals surface area contributed by atoms with Crippen molar-refractivity contribution in [3.8, 4) is 0 Å². The number of rotatable bonds is 7. The van der Waals surface area contributed by atoms with Gasteiger partial charge in [-0.2, -0.15) is 0 Å². The fraction of sp³-hybridized carbons (Fsp3) is 0.800. The molecule has 0 rings (SSSR count). The Kier molecular flexibility index (Phi) is 8.51. The summed E-state index contributed by atoms with van der Waals surface area (Å²) in [5, 5.41) is 17.4. The molecule has 0 saturated carbocycles. The number of aliphatic hydroxyl groups excluding tert-OH is 2. The molecule has 2 heteroatoms. The summed E-state index contributed by atoms with van der Waals surface area (Å²) in [5.74, 6) is -0.0633. The van der Waals surface area contributed by atoms with E-state index in [1.807, 2.05) is 12.2 Å². The highest BCUT2D eigenvalue weighted by atomic mass is 16.3. The summed E-state index contributed by atoms with van der Waals surface area (Å²) in [7, 11) is 0. The van der Waals surface area contributed by atoms with Crippen molar-refractivity contribution < 1.29 is 10.2 Å². The van der Waals surface area contributed by atoms with Crippen molar-refractivity contribution in [3.63, 3.8) is 0 Å². The Bertz CT molecular complexity index is 106. The molecule has 0 bridgehead atoms. The summed E-state index contributed by atoms with van der Waals surface area (Å²) < 4.78 is 0. The van der Waals surface area contributed by atoms with Gasteiger partial charge < -0.3 is 10.2 Å². The van der Waals surface area contributed by atoms with Crippen LogP contribution in [0.15, 0.2) is 12.2 Å². The van der Waals surface area contributed by atoms with Gasteiger partial charge in [0, 0.05) is 5.92 Å². The Balaban J connectivity index is 3.32. The van der Waals surface area contributed by atoms with E-state index in [9.17, 15) is 0 Å². The van der Waals surface area contributed by atoms with Gasteiger partial charge in [0.05, 0.1) is 13.2 Å². The van der Waals surface area contributed by atoms with Gasteiger partial charge in [-0.15, -0.1) is 0 Å². The minimum atomic E-state index is -0.0633. The standard InChI is InChI=1S/C10H20O2/c1-2-3-4-5-6-7-10(8-11)9-12/h6-7,10-12H,2-5,8-9H2,1H3/b7-6+. The van der Waals surface area contributed by atoms with Crippen LogP contribution in [0, 0.1) is 5.92 Å². The van der Waals surface area contributed by atoms with Crippen LogP contribution in [-0.4, -0.2) is 23.4 Å². The van der Waals surface area contributed by atoms with Gasteiger partial charge in [0.25, 0.3) is 0 Å². The third-order valence-electron chi connectivity index (χ3n) is 1.85. The predicted octanol–water partition coefficient (Wildman–Crippen LogP) is 1.72. The highest BCUT2D eigenvalue weighted by Crippen LogP contribution is 2.02. The van der Waals surface area contributed by atoms with E-state index in [2.05, 4.69) is 6.92 Å². The second-order valence-electron chi connectivity index (χ2n) is 3.05. The van der Waals surface area contributed by atoms with E-state index in [0.717, 1.165) is 6.42 Å². The Labute approximate surface area is 74.9 Å². The molecular formula is C10H20O2. The summed E-state index contributed by atoms with van der Waals surface area (Å²) in [6.07, 6.45) is 8.70. The maximum atomic E-state index is 8.72. The van der Waals surface area contributed by atoms with Gasteiger partial charge in [-0.1, -0.05) is 31.9 Å². The molecule has 0 fully saturated rings. The number of hydrogen-bond acceptors (Lipinski definition) is 2. The molecule has 0 amide bonds. The van der Waals surface area contributed by atoms with Gasteiger partial charge in [0.1, 0.15) is 0 Å². The lowest BCUT2D eigenvalue weighted by Gasteiger charge is -2.02. The molecule has 0 unspecified atom stereocenters. The number of aliphatic hydroxyl groups is 2. The molecule has 0 aromatic carbocycles. The quantitative estimate of drug-likeness (QED) is 0.453. The number of allylic oxidation sites excluding steroid dienone is 1. The van der Waals surface area contributed by atoms with Crippen molar-refractivity contribution in [2.75, 3.05) is 13.2 Å². The average Bonchev–Trinajstić information content (AvgIpc) is 2.11. The Morgan fingerprint density at radius 2 is 1.83 bits per heavy atom. The van der Waals surface area contributed by atoms with Crippen molar-refractivity contribution in [2.45, 2.75) is 32.6 Å². The van der Waals surface area contributed by atoms with E-state index in [-0.39, 0.29) is 19.1 Å². The second kappa shape index (κ2) is 8.75. The van der Waals surface area contributed by atoms with E-state index in [0.29, 0.717) is 0 Å². The lowest BCUT2D eigenvalue weighted by Crippen LogP contribution is -2.06. The van der Waals surface area contributed by atoms with E-state index in [1.165, 1.54) is 19.3 Å². The topological polar surface area (TPSA) is 40.5 Å². The molecule has 0 heterocycles. The smallest absolute Gasteiger partial charge is 0.0515 e. The molecule has 0 radical (unpaired) electrons. The maximum Gasteiger partial charge on any atom is 0.0515 e. The zero-order chi connectivity index (χ0) is 9.23. The Morgan fingerprint density at radius 1 is 1.17 bits per heavy atom. The largest absolute Gasteiger partial charge is 0.396 e. The average molecular weight is 172 g/mol. The Hall–Kier alpha value is -0.340. The summed E-state index contributed by atoms with van der Waals surface area (Å²) in [5.41, 5.74) is 0. The normalized spacial score (nSPS) is 11.7. The molecule has 0 aliphatic rings. The third kappa shape index (κ3) is 6.38. The van der Waals surface area contributed by atoms with Gasteiger partial charge in [-0.3, -0.25) is 0 Å². The fourth-order valence-corrected chi connectivity index (χ4v) is 0.980. The maximum absolute atomic E-state index is 8.72. The van der Waals surface area contributed by atoms with Gasteiger partial charge in [0.2, 0.25) is 0 Å². The van der Waals surface area contributed by atoms with E-state index >= 15 is 0 Å². The van der Waals surface area contributed by atoms with Gasteiger partial charge >= 0.3 is 0 Å². The van der Waals surface area contributed by atoms with Crippen LogP contribution in [0.4, 0.5) is 0 Å². The molecule has 2 nitrogen and oxygen atoms in total. The van der Waals surface area contributed by atoms with E-state index < -0.39 is 0 Å². The molecule has 12 heavy (non-hydrogen) atoms. The van der Waals surface area contributed by atoms with Crippen molar-refractivity contribution >= 4 is 0 Å². The lowest BCUT2D eigenvalue weighted by atomic mass is 10.1. The molecule has 0 aromatic rings. The van der Waals surface area contributed by atoms with Crippen LogP contribution in [0.5, 0.6) is 0 Å². The minimum Gasteiger partial charge on any atom is -0.396 e. The third-order valence-corrected chi connectivity index (χ3v) is 1.85. The first-order valence-corrected chi connectivity index (χ1v) is 4.73. The van der Waals surface area contributed by atoms with Crippen LogP contribution in [-0.2, 0) is 0 Å². The Morgan fingerprint density at radius 3 is 2.33 bits per heavy atom. The minimum absolute atomic E-state index is 0.0424. The summed E-state index contributed by atoms with van der Waals surface area (Å²) in [4.78, 5) is 0. The van der Waals surface area contributed by atoms with Crippen molar-refractivity contribution in [3.05, 3.63) is 12.2 Å². The second-order valence-corrected chi connectivity index (χ2v) is 3.05. The van der Waals surface area contributed by atoms with Crippen LogP contribution in [0.1, 0.15) is 32.6 Å². The van der Waals surface area contributed by atoms with E-state index in [1.54, 1.807) is 0 Å². The zero-order valence-corrected chi connectivity index (χ0v) is 7.87.